The van der Waals surface area contributed by atoms with E-state index < -0.39 is 0 Å². The summed E-state index contributed by atoms with van der Waals surface area (Å²) in [4.78, 5) is 17.5. The molecule has 2 saturated heterocycles. The van der Waals surface area contributed by atoms with E-state index >= 15 is 0 Å². The molecule has 1 saturated carbocycles. The van der Waals surface area contributed by atoms with Crippen molar-refractivity contribution in [2.24, 2.45) is 0 Å². The third-order valence-corrected chi connectivity index (χ3v) is 5.54. The molecular formula is C17H31N3O. The minimum Gasteiger partial charge on any atom is -0.348 e. The summed E-state index contributed by atoms with van der Waals surface area (Å²) in [5.74, 6) is 0.286. The van der Waals surface area contributed by atoms with E-state index in [-0.39, 0.29) is 17.5 Å². The molecule has 4 nitrogen and oxygen atoms in total. The number of likely N-dealkylation sites (tertiary alicyclic amines) is 2. The Morgan fingerprint density at radius 2 is 1.71 bits per heavy atom. The SMILES string of the molecule is CN1CCCCCC1C(=O)NC1(CN2CCCCC2)CC1. The van der Waals surface area contributed by atoms with Crippen molar-refractivity contribution in [3.05, 3.63) is 0 Å². The first-order valence-electron chi connectivity index (χ1n) is 8.93. The van der Waals surface area contributed by atoms with Gasteiger partial charge in [-0.1, -0.05) is 19.3 Å². The summed E-state index contributed by atoms with van der Waals surface area (Å²) >= 11 is 0. The van der Waals surface area contributed by atoms with Crippen LogP contribution in [0.25, 0.3) is 0 Å². The molecule has 3 rings (SSSR count). The number of piperidine rings is 1. The lowest BCUT2D eigenvalue weighted by Gasteiger charge is -2.33. The van der Waals surface area contributed by atoms with Crippen molar-refractivity contribution in [2.75, 3.05) is 33.2 Å². The van der Waals surface area contributed by atoms with Crippen LogP contribution in [0.15, 0.2) is 0 Å². The van der Waals surface area contributed by atoms with E-state index in [1.807, 2.05) is 0 Å². The zero-order valence-corrected chi connectivity index (χ0v) is 13.6. The fourth-order valence-electron chi connectivity index (χ4n) is 3.95. The molecule has 0 aromatic heterocycles. The van der Waals surface area contributed by atoms with Crippen LogP contribution in [0.2, 0.25) is 0 Å². The molecule has 21 heavy (non-hydrogen) atoms. The van der Waals surface area contributed by atoms with E-state index in [1.165, 1.54) is 64.5 Å². The highest BCUT2D eigenvalue weighted by Crippen LogP contribution is 2.37. The second-order valence-electron chi connectivity index (χ2n) is 7.45. The maximum Gasteiger partial charge on any atom is 0.237 e. The van der Waals surface area contributed by atoms with Gasteiger partial charge in [0.15, 0.2) is 0 Å². The fraction of sp³-hybridized carbons (Fsp3) is 0.941. The standard InChI is InChI=1S/C17H31N3O/c1-19-11-5-2-4-8-15(19)16(21)18-17(9-10-17)14-20-12-6-3-7-13-20/h15H,2-14H2,1H3,(H,18,21). The van der Waals surface area contributed by atoms with E-state index in [4.69, 9.17) is 0 Å². The molecule has 3 aliphatic rings. The number of amides is 1. The molecule has 1 N–H and O–H groups in total. The molecule has 0 bridgehead atoms. The number of hydrogen-bond donors (Lipinski definition) is 1. The van der Waals surface area contributed by atoms with Crippen LogP contribution in [0.4, 0.5) is 0 Å². The zero-order valence-electron chi connectivity index (χ0n) is 13.6. The first kappa shape index (κ1) is 15.3. The van der Waals surface area contributed by atoms with Gasteiger partial charge < -0.3 is 10.2 Å². The van der Waals surface area contributed by atoms with Gasteiger partial charge in [0, 0.05) is 6.54 Å². The second kappa shape index (κ2) is 6.66. The third kappa shape index (κ3) is 3.98. The van der Waals surface area contributed by atoms with Crippen molar-refractivity contribution in [1.29, 1.82) is 0 Å². The molecule has 3 fully saturated rings. The fourth-order valence-corrected chi connectivity index (χ4v) is 3.95. The van der Waals surface area contributed by atoms with Crippen molar-refractivity contribution >= 4 is 5.91 Å². The largest absolute Gasteiger partial charge is 0.348 e. The minimum atomic E-state index is 0.103. The van der Waals surface area contributed by atoms with Gasteiger partial charge >= 0.3 is 0 Å². The molecule has 0 radical (unpaired) electrons. The van der Waals surface area contributed by atoms with E-state index in [1.54, 1.807) is 0 Å². The van der Waals surface area contributed by atoms with Gasteiger partial charge in [-0.05, 0) is 65.2 Å². The summed E-state index contributed by atoms with van der Waals surface area (Å²) in [5.41, 5.74) is 0.113. The van der Waals surface area contributed by atoms with Crippen molar-refractivity contribution in [1.82, 2.24) is 15.1 Å². The Labute approximate surface area is 129 Å². The van der Waals surface area contributed by atoms with Crippen molar-refractivity contribution in [3.63, 3.8) is 0 Å². The number of carbonyl (C=O) groups excluding carboxylic acids is 1. The van der Waals surface area contributed by atoms with Crippen LogP contribution in [-0.2, 0) is 4.79 Å². The van der Waals surface area contributed by atoms with Crippen molar-refractivity contribution in [2.45, 2.75) is 69.4 Å². The van der Waals surface area contributed by atoms with Crippen LogP contribution >= 0.6 is 0 Å². The van der Waals surface area contributed by atoms with Crippen LogP contribution in [-0.4, -0.2) is 60.5 Å². The first-order chi connectivity index (χ1) is 10.2. The number of nitrogens with one attached hydrogen (secondary N) is 1. The maximum absolute atomic E-state index is 12.7. The van der Waals surface area contributed by atoms with E-state index in [9.17, 15) is 4.79 Å². The topological polar surface area (TPSA) is 35.6 Å². The lowest BCUT2D eigenvalue weighted by atomic mass is 10.1. The summed E-state index contributed by atoms with van der Waals surface area (Å²) in [6, 6.07) is 0.103. The molecule has 2 aliphatic heterocycles. The van der Waals surface area contributed by atoms with Gasteiger partial charge in [0.25, 0.3) is 0 Å². The van der Waals surface area contributed by atoms with Gasteiger partial charge in [0.2, 0.25) is 5.91 Å². The van der Waals surface area contributed by atoms with E-state index in [0.29, 0.717) is 0 Å². The third-order valence-electron chi connectivity index (χ3n) is 5.54. The minimum absolute atomic E-state index is 0.103. The quantitative estimate of drug-likeness (QED) is 0.861. The van der Waals surface area contributed by atoms with Crippen molar-refractivity contribution < 1.29 is 4.79 Å². The molecule has 2 heterocycles. The van der Waals surface area contributed by atoms with Crippen molar-refractivity contribution in [3.8, 4) is 0 Å². The molecule has 0 spiro atoms. The van der Waals surface area contributed by atoms with Gasteiger partial charge in [-0.2, -0.15) is 0 Å². The highest BCUT2D eigenvalue weighted by Gasteiger charge is 2.46. The molecule has 0 aromatic carbocycles. The van der Waals surface area contributed by atoms with Gasteiger partial charge in [0.1, 0.15) is 0 Å². The molecule has 1 unspecified atom stereocenters. The summed E-state index contributed by atoms with van der Waals surface area (Å²) in [5, 5.41) is 3.42. The van der Waals surface area contributed by atoms with Gasteiger partial charge in [-0.25, -0.2) is 0 Å². The summed E-state index contributed by atoms with van der Waals surface area (Å²) in [7, 11) is 2.11. The van der Waals surface area contributed by atoms with Crippen LogP contribution < -0.4 is 5.32 Å². The average molecular weight is 293 g/mol. The number of hydrogen-bond acceptors (Lipinski definition) is 3. The van der Waals surface area contributed by atoms with Gasteiger partial charge in [0.05, 0.1) is 11.6 Å². The van der Waals surface area contributed by atoms with Crippen LogP contribution in [0.5, 0.6) is 0 Å². The highest BCUT2D eigenvalue weighted by molar-refractivity contribution is 5.83. The highest BCUT2D eigenvalue weighted by atomic mass is 16.2. The monoisotopic (exact) mass is 293 g/mol. The maximum atomic E-state index is 12.7. The lowest BCUT2D eigenvalue weighted by Crippen LogP contribution is -2.53. The normalized spacial score (nSPS) is 30.6. The predicted molar refractivity (Wildman–Crippen MR) is 85.3 cm³/mol. The molecule has 120 valence electrons. The Kier molecular flexibility index (Phi) is 4.85. The van der Waals surface area contributed by atoms with Crippen LogP contribution in [0.1, 0.15) is 57.8 Å². The lowest BCUT2D eigenvalue weighted by molar-refractivity contribution is -0.127. The Balaban J connectivity index is 1.53. The van der Waals surface area contributed by atoms with Crippen LogP contribution in [0.3, 0.4) is 0 Å². The zero-order chi connectivity index (χ0) is 14.7. The predicted octanol–water partition coefficient (Wildman–Crippen LogP) is 2.00. The van der Waals surface area contributed by atoms with Crippen LogP contribution in [0, 0.1) is 0 Å². The Bertz CT molecular complexity index is 361. The van der Waals surface area contributed by atoms with Gasteiger partial charge in [-0.15, -0.1) is 0 Å². The van der Waals surface area contributed by atoms with E-state index in [0.717, 1.165) is 19.5 Å². The molecule has 4 heteroatoms. The Hall–Kier alpha value is -0.610. The Morgan fingerprint density at radius 1 is 1.05 bits per heavy atom. The summed E-state index contributed by atoms with van der Waals surface area (Å²) in [6.07, 6.45) is 11.1. The Morgan fingerprint density at radius 3 is 2.43 bits per heavy atom. The molecule has 0 aromatic rings. The van der Waals surface area contributed by atoms with Gasteiger partial charge in [-0.3, -0.25) is 9.69 Å². The number of likely N-dealkylation sites (N-methyl/N-ethyl adjacent to an activating group) is 1. The van der Waals surface area contributed by atoms with E-state index in [2.05, 4.69) is 22.2 Å². The average Bonchev–Trinajstić information content (AvgIpc) is 3.25. The first-order valence-corrected chi connectivity index (χ1v) is 8.93. The smallest absolute Gasteiger partial charge is 0.237 e. The molecule has 1 aliphatic carbocycles. The summed E-state index contributed by atoms with van der Waals surface area (Å²) < 4.78 is 0. The molecular weight excluding hydrogens is 262 g/mol. The molecule has 1 amide bonds. The number of carbonyl (C=O) groups is 1. The number of nitrogens with zero attached hydrogens (tertiary/aromatic N) is 2. The second-order valence-corrected chi connectivity index (χ2v) is 7.45. The summed E-state index contributed by atoms with van der Waals surface area (Å²) in [6.45, 7) is 4.59. The molecule has 1 atom stereocenters. The number of rotatable bonds is 4.